The van der Waals surface area contributed by atoms with Crippen molar-refractivity contribution in [1.82, 2.24) is 4.90 Å². The maximum Gasteiger partial charge on any atom is 0.0689 e. The smallest absolute Gasteiger partial charge is 0.0689 e. The molecule has 23 heavy (non-hydrogen) atoms. The quantitative estimate of drug-likeness (QED) is 0.656. The van der Waals surface area contributed by atoms with Crippen LogP contribution in [0.25, 0.3) is 0 Å². The molecule has 2 aliphatic rings. The Bertz CT molecular complexity index is 365. The van der Waals surface area contributed by atoms with Gasteiger partial charge in [0.05, 0.1) is 12.2 Å². The summed E-state index contributed by atoms with van der Waals surface area (Å²) >= 11 is 0. The average Bonchev–Trinajstić information content (AvgIpc) is 2.81. The van der Waals surface area contributed by atoms with E-state index in [9.17, 15) is 5.11 Å². The van der Waals surface area contributed by atoms with E-state index in [4.69, 9.17) is 4.74 Å². The molecule has 2 fully saturated rings. The number of nitrogens with zero attached hydrogens (tertiary/aromatic N) is 1. The van der Waals surface area contributed by atoms with Gasteiger partial charge in [0.2, 0.25) is 0 Å². The molecule has 0 saturated heterocycles. The number of fused-ring (bicyclic) bond motifs is 2. The normalized spacial score (nSPS) is 33.5. The van der Waals surface area contributed by atoms with Gasteiger partial charge in [0.25, 0.3) is 0 Å². The van der Waals surface area contributed by atoms with Crippen LogP contribution in [0.2, 0.25) is 0 Å². The zero-order valence-corrected chi connectivity index (χ0v) is 16.1. The third-order valence-corrected chi connectivity index (χ3v) is 7.03. The third-order valence-electron chi connectivity index (χ3n) is 7.03. The summed E-state index contributed by atoms with van der Waals surface area (Å²) in [4.78, 5) is 2.38. The van der Waals surface area contributed by atoms with Gasteiger partial charge in [0, 0.05) is 13.2 Å². The fourth-order valence-corrected chi connectivity index (χ4v) is 5.04. The molecule has 2 rings (SSSR count). The molecule has 0 radical (unpaired) electrons. The number of rotatable bonds is 10. The third kappa shape index (κ3) is 3.93. The molecule has 0 unspecified atom stereocenters. The van der Waals surface area contributed by atoms with Crippen LogP contribution in [-0.2, 0) is 4.74 Å². The standard InChI is InChI=1S/C20H39NO2/c1-6-11-21(12-7-2)15-17(22)9-13-23-18-14-16-8-10-20(18,5)19(16,3)4/h16-18,22H,6-15H2,1-5H3/t16-,17-,18+,20-/m0/s1. The zero-order valence-electron chi connectivity index (χ0n) is 16.1. The van der Waals surface area contributed by atoms with E-state index in [-0.39, 0.29) is 6.10 Å². The average molecular weight is 326 g/mol. The second-order valence-electron chi connectivity index (χ2n) is 8.71. The number of ether oxygens (including phenoxy) is 1. The van der Waals surface area contributed by atoms with Gasteiger partial charge in [-0.15, -0.1) is 0 Å². The highest BCUT2D eigenvalue weighted by Crippen LogP contribution is 2.66. The van der Waals surface area contributed by atoms with Gasteiger partial charge in [0.1, 0.15) is 0 Å². The van der Waals surface area contributed by atoms with Crippen molar-refractivity contribution in [3.63, 3.8) is 0 Å². The zero-order chi connectivity index (χ0) is 17.1. The van der Waals surface area contributed by atoms with E-state index in [1.807, 2.05) is 0 Å². The summed E-state index contributed by atoms with van der Waals surface area (Å²) in [5.41, 5.74) is 0.744. The first-order valence-electron chi connectivity index (χ1n) is 9.87. The van der Waals surface area contributed by atoms with E-state index in [1.54, 1.807) is 0 Å². The number of aliphatic hydroxyl groups excluding tert-OH is 1. The largest absolute Gasteiger partial charge is 0.392 e. The van der Waals surface area contributed by atoms with E-state index < -0.39 is 0 Å². The minimum absolute atomic E-state index is 0.257. The Morgan fingerprint density at radius 1 is 1.17 bits per heavy atom. The SMILES string of the molecule is CCCN(CCC)C[C@@H](O)CCO[C@@H]1C[C@@H]2CC[C@]1(C)C2(C)C. The highest BCUT2D eigenvalue weighted by atomic mass is 16.5. The predicted molar refractivity (Wildman–Crippen MR) is 96.6 cm³/mol. The minimum atomic E-state index is -0.257. The van der Waals surface area contributed by atoms with Gasteiger partial charge in [-0.2, -0.15) is 0 Å². The molecule has 0 aromatic rings. The fourth-order valence-electron chi connectivity index (χ4n) is 5.04. The van der Waals surface area contributed by atoms with Crippen molar-refractivity contribution in [2.24, 2.45) is 16.7 Å². The molecule has 1 N–H and O–H groups in total. The van der Waals surface area contributed by atoms with Crippen molar-refractivity contribution in [3.8, 4) is 0 Å². The molecule has 0 aromatic carbocycles. The van der Waals surface area contributed by atoms with Gasteiger partial charge in [-0.25, -0.2) is 0 Å². The molecule has 0 aliphatic heterocycles. The van der Waals surface area contributed by atoms with Crippen molar-refractivity contribution in [1.29, 1.82) is 0 Å². The lowest BCUT2D eigenvalue weighted by Crippen LogP contribution is -2.38. The summed E-state index contributed by atoms with van der Waals surface area (Å²) in [6, 6.07) is 0. The first-order valence-corrected chi connectivity index (χ1v) is 9.87. The summed E-state index contributed by atoms with van der Waals surface area (Å²) in [5.74, 6) is 0.826. The molecule has 0 aromatic heterocycles. The van der Waals surface area contributed by atoms with E-state index >= 15 is 0 Å². The topological polar surface area (TPSA) is 32.7 Å². The lowest BCUT2D eigenvalue weighted by Gasteiger charge is -2.39. The lowest BCUT2D eigenvalue weighted by molar-refractivity contribution is -0.0564. The number of hydrogen-bond donors (Lipinski definition) is 1. The van der Waals surface area contributed by atoms with E-state index in [0.29, 0.717) is 23.5 Å². The first-order chi connectivity index (χ1) is 10.8. The van der Waals surface area contributed by atoms with Gasteiger partial charge in [0.15, 0.2) is 0 Å². The van der Waals surface area contributed by atoms with Gasteiger partial charge in [-0.3, -0.25) is 0 Å². The Kier molecular flexibility index (Phi) is 6.55. The highest BCUT2D eigenvalue weighted by Gasteiger charge is 2.61. The second-order valence-corrected chi connectivity index (χ2v) is 8.71. The Morgan fingerprint density at radius 2 is 1.83 bits per heavy atom. The molecular formula is C20H39NO2. The van der Waals surface area contributed by atoms with Crippen molar-refractivity contribution in [2.45, 2.75) is 85.4 Å². The van der Waals surface area contributed by atoms with Crippen LogP contribution in [0.3, 0.4) is 0 Å². The Labute approximate surface area is 143 Å². The molecule has 0 amide bonds. The van der Waals surface area contributed by atoms with Crippen LogP contribution >= 0.6 is 0 Å². The van der Waals surface area contributed by atoms with Crippen molar-refractivity contribution < 1.29 is 9.84 Å². The maximum absolute atomic E-state index is 10.3. The molecule has 4 atom stereocenters. The lowest BCUT2D eigenvalue weighted by atomic mass is 9.70. The Hall–Kier alpha value is -0.120. The molecule has 2 saturated carbocycles. The molecule has 0 heterocycles. The molecule has 3 nitrogen and oxygen atoms in total. The van der Waals surface area contributed by atoms with Crippen LogP contribution in [0.4, 0.5) is 0 Å². The summed E-state index contributed by atoms with van der Waals surface area (Å²) in [5, 5.41) is 10.3. The van der Waals surface area contributed by atoms with E-state index in [2.05, 4.69) is 39.5 Å². The summed E-state index contributed by atoms with van der Waals surface area (Å²) < 4.78 is 6.27. The molecule has 0 spiro atoms. The monoisotopic (exact) mass is 325 g/mol. The van der Waals surface area contributed by atoms with Crippen molar-refractivity contribution in [3.05, 3.63) is 0 Å². The van der Waals surface area contributed by atoms with Gasteiger partial charge in [-0.05, 0) is 68.4 Å². The van der Waals surface area contributed by atoms with E-state index in [0.717, 1.165) is 44.8 Å². The predicted octanol–water partition coefficient (Wildman–Crippen LogP) is 4.09. The Balaban J connectivity index is 1.73. The molecule has 2 aliphatic carbocycles. The Morgan fingerprint density at radius 3 is 2.30 bits per heavy atom. The summed E-state index contributed by atoms with van der Waals surface area (Å²) in [6.07, 6.45) is 7.10. The molecule has 136 valence electrons. The molecular weight excluding hydrogens is 286 g/mol. The molecule has 3 heteroatoms. The van der Waals surface area contributed by atoms with Crippen molar-refractivity contribution in [2.75, 3.05) is 26.2 Å². The second kappa shape index (κ2) is 7.84. The first kappa shape index (κ1) is 19.2. The van der Waals surface area contributed by atoms with Crippen LogP contribution in [0, 0.1) is 16.7 Å². The fraction of sp³-hybridized carbons (Fsp3) is 1.00. The van der Waals surface area contributed by atoms with Crippen LogP contribution in [-0.4, -0.2) is 48.5 Å². The number of aliphatic hydroxyl groups is 1. The molecule has 2 bridgehead atoms. The van der Waals surface area contributed by atoms with Crippen LogP contribution in [0.15, 0.2) is 0 Å². The van der Waals surface area contributed by atoms with Crippen LogP contribution in [0.1, 0.15) is 73.1 Å². The highest BCUT2D eigenvalue weighted by molar-refractivity contribution is 5.11. The van der Waals surface area contributed by atoms with Gasteiger partial charge >= 0.3 is 0 Å². The summed E-state index contributed by atoms with van der Waals surface area (Å²) in [6.45, 7) is 15.4. The van der Waals surface area contributed by atoms with Crippen LogP contribution < -0.4 is 0 Å². The van der Waals surface area contributed by atoms with Crippen molar-refractivity contribution >= 4 is 0 Å². The van der Waals surface area contributed by atoms with E-state index in [1.165, 1.54) is 19.3 Å². The summed E-state index contributed by atoms with van der Waals surface area (Å²) in [7, 11) is 0. The number of hydrogen-bond acceptors (Lipinski definition) is 3. The van der Waals surface area contributed by atoms with Gasteiger partial charge in [-0.1, -0.05) is 34.6 Å². The van der Waals surface area contributed by atoms with Crippen LogP contribution in [0.5, 0.6) is 0 Å². The minimum Gasteiger partial charge on any atom is -0.392 e. The maximum atomic E-state index is 10.3. The van der Waals surface area contributed by atoms with Gasteiger partial charge < -0.3 is 14.7 Å².